The van der Waals surface area contributed by atoms with Gasteiger partial charge in [-0.15, -0.1) is 0 Å². The molecule has 0 bridgehead atoms. The fraction of sp³-hybridized carbons (Fsp3) is 0.188. The molecule has 0 spiro atoms. The zero-order valence-electron chi connectivity index (χ0n) is 11.1. The molecular formula is C16H16NOPS. The van der Waals surface area contributed by atoms with Crippen LogP contribution in [0, 0.1) is 11.3 Å². The summed E-state index contributed by atoms with van der Waals surface area (Å²) in [4.78, 5) is 0. The van der Waals surface area contributed by atoms with Crippen molar-refractivity contribution in [3.8, 4) is 6.07 Å². The van der Waals surface area contributed by atoms with Crippen LogP contribution in [0.4, 0.5) is 0 Å². The monoisotopic (exact) mass is 301 g/mol. The van der Waals surface area contributed by atoms with E-state index in [4.69, 9.17) is 5.26 Å². The molecule has 0 atom stereocenters. The van der Waals surface area contributed by atoms with Crippen LogP contribution >= 0.6 is 17.7 Å². The molecule has 0 amide bonds. The Bertz CT molecular complexity index is 578. The molecule has 102 valence electrons. The summed E-state index contributed by atoms with van der Waals surface area (Å²) in [5, 5.41) is 10.3. The Hall–Kier alpha value is -1.49. The van der Waals surface area contributed by atoms with Gasteiger partial charge in [0.15, 0.2) is 6.34 Å². The van der Waals surface area contributed by atoms with Crippen molar-refractivity contribution in [2.75, 3.05) is 5.75 Å². The highest BCUT2D eigenvalue weighted by atomic mass is 32.7. The summed E-state index contributed by atoms with van der Waals surface area (Å²) in [6, 6.07) is 21.3. The maximum atomic E-state index is 13.5. The van der Waals surface area contributed by atoms with Crippen LogP contribution in [0.5, 0.6) is 0 Å². The van der Waals surface area contributed by atoms with E-state index in [0.717, 1.165) is 22.8 Å². The number of nitrogens with zero attached hydrogens (tertiary/aromatic N) is 1. The molecule has 0 saturated carbocycles. The van der Waals surface area contributed by atoms with Crippen molar-refractivity contribution in [2.45, 2.75) is 12.8 Å². The number of benzene rings is 2. The maximum Gasteiger partial charge on any atom is 0.195 e. The maximum absolute atomic E-state index is 13.5. The third kappa shape index (κ3) is 3.54. The summed E-state index contributed by atoms with van der Waals surface area (Å²) in [6.45, 7) is 0. The van der Waals surface area contributed by atoms with Crippen molar-refractivity contribution >= 4 is 28.3 Å². The molecule has 0 aromatic heterocycles. The molecule has 0 fully saturated rings. The van der Waals surface area contributed by atoms with Gasteiger partial charge in [0.2, 0.25) is 0 Å². The van der Waals surface area contributed by atoms with E-state index in [0.29, 0.717) is 6.42 Å². The first-order valence-electron chi connectivity index (χ1n) is 6.50. The Morgan fingerprint density at radius 2 is 1.45 bits per heavy atom. The van der Waals surface area contributed by atoms with Crippen LogP contribution in [0.3, 0.4) is 0 Å². The molecule has 0 N–H and O–H groups in total. The quantitative estimate of drug-likeness (QED) is 0.599. The van der Waals surface area contributed by atoms with Crippen LogP contribution in [-0.4, -0.2) is 5.75 Å². The second-order valence-corrected chi connectivity index (χ2v) is 9.44. The van der Waals surface area contributed by atoms with E-state index in [2.05, 4.69) is 6.07 Å². The predicted molar refractivity (Wildman–Crippen MR) is 87.1 cm³/mol. The molecule has 0 unspecified atom stereocenters. The van der Waals surface area contributed by atoms with Gasteiger partial charge in [-0.05, 0) is 6.42 Å². The van der Waals surface area contributed by atoms with Gasteiger partial charge in [0.1, 0.15) is 0 Å². The van der Waals surface area contributed by atoms with Crippen molar-refractivity contribution in [1.82, 2.24) is 0 Å². The number of rotatable bonds is 6. The van der Waals surface area contributed by atoms with E-state index in [9.17, 15) is 4.57 Å². The molecule has 20 heavy (non-hydrogen) atoms. The number of unbranched alkanes of at least 4 members (excludes halogenated alkanes) is 1. The molecule has 2 nitrogen and oxygen atoms in total. The van der Waals surface area contributed by atoms with Crippen molar-refractivity contribution < 1.29 is 4.57 Å². The van der Waals surface area contributed by atoms with Gasteiger partial charge in [0, 0.05) is 22.8 Å². The molecule has 2 rings (SSSR count). The lowest BCUT2D eigenvalue weighted by Crippen LogP contribution is -2.13. The molecule has 0 aliphatic heterocycles. The minimum atomic E-state index is -2.66. The lowest BCUT2D eigenvalue weighted by atomic mass is 10.4. The molecule has 2 aromatic rings. The van der Waals surface area contributed by atoms with Gasteiger partial charge in [-0.25, -0.2) is 0 Å². The summed E-state index contributed by atoms with van der Waals surface area (Å²) in [5.41, 5.74) is 0. The van der Waals surface area contributed by atoms with Crippen LogP contribution in [0.2, 0.25) is 0 Å². The van der Waals surface area contributed by atoms with Gasteiger partial charge in [-0.1, -0.05) is 72.0 Å². The molecule has 0 heterocycles. The fourth-order valence-corrected chi connectivity index (χ4v) is 6.93. The molecule has 4 heteroatoms. The first-order chi connectivity index (χ1) is 9.77. The van der Waals surface area contributed by atoms with Crippen molar-refractivity contribution in [3.05, 3.63) is 60.7 Å². The Morgan fingerprint density at radius 1 is 0.950 bits per heavy atom. The standard InChI is InChI=1S/C16H16NOPS/c17-13-7-8-14-20-19(18,15-9-3-1-4-10-15)16-11-5-2-6-12-16/h1-6,9-12H,7-8,14H2. The highest BCUT2D eigenvalue weighted by Gasteiger charge is 2.27. The van der Waals surface area contributed by atoms with E-state index in [1.807, 2.05) is 60.7 Å². The van der Waals surface area contributed by atoms with E-state index < -0.39 is 6.34 Å². The van der Waals surface area contributed by atoms with E-state index in [1.165, 1.54) is 11.4 Å². The summed E-state index contributed by atoms with van der Waals surface area (Å²) >= 11 is 1.47. The van der Waals surface area contributed by atoms with E-state index in [1.54, 1.807) is 0 Å². The minimum absolute atomic E-state index is 0.510. The number of nitriles is 1. The van der Waals surface area contributed by atoms with Crippen LogP contribution in [0.1, 0.15) is 12.8 Å². The summed E-state index contributed by atoms with van der Waals surface area (Å²) < 4.78 is 13.5. The second kappa shape index (κ2) is 7.33. The molecular weight excluding hydrogens is 285 g/mol. The van der Waals surface area contributed by atoms with Crippen LogP contribution < -0.4 is 10.6 Å². The van der Waals surface area contributed by atoms with Crippen molar-refractivity contribution in [1.29, 1.82) is 5.26 Å². The average molecular weight is 301 g/mol. The topological polar surface area (TPSA) is 40.9 Å². The highest BCUT2D eigenvalue weighted by molar-refractivity contribution is 8.62. The predicted octanol–water partition coefficient (Wildman–Crippen LogP) is 3.95. The van der Waals surface area contributed by atoms with Gasteiger partial charge in [-0.2, -0.15) is 5.26 Å². The zero-order chi connectivity index (χ0) is 14.3. The zero-order valence-corrected chi connectivity index (χ0v) is 12.8. The highest BCUT2D eigenvalue weighted by Crippen LogP contribution is 2.56. The van der Waals surface area contributed by atoms with E-state index in [-0.39, 0.29) is 0 Å². The average Bonchev–Trinajstić information content (AvgIpc) is 2.53. The molecule has 0 saturated heterocycles. The van der Waals surface area contributed by atoms with Crippen LogP contribution in [0.25, 0.3) is 0 Å². The molecule has 2 aromatic carbocycles. The smallest absolute Gasteiger partial charge is 0.195 e. The lowest BCUT2D eigenvalue weighted by molar-refractivity contribution is 0.595. The van der Waals surface area contributed by atoms with Crippen molar-refractivity contribution in [3.63, 3.8) is 0 Å². The third-order valence-corrected chi connectivity index (χ3v) is 8.59. The van der Waals surface area contributed by atoms with Gasteiger partial charge in [0.05, 0.1) is 6.07 Å². The summed E-state index contributed by atoms with van der Waals surface area (Å²) in [5.74, 6) is 0.731. The van der Waals surface area contributed by atoms with Crippen LogP contribution in [0.15, 0.2) is 60.7 Å². The molecule has 0 radical (unpaired) electrons. The first kappa shape index (κ1) is 14.9. The first-order valence-corrected chi connectivity index (χ1v) is 9.80. The number of hydrogen-bond acceptors (Lipinski definition) is 3. The molecule has 0 aliphatic carbocycles. The van der Waals surface area contributed by atoms with Gasteiger partial charge >= 0.3 is 0 Å². The largest absolute Gasteiger partial charge is 0.302 e. The second-order valence-electron chi connectivity index (χ2n) is 4.32. The number of hydrogen-bond donors (Lipinski definition) is 0. The van der Waals surface area contributed by atoms with Gasteiger partial charge < -0.3 is 4.57 Å². The Labute approximate surface area is 124 Å². The van der Waals surface area contributed by atoms with Gasteiger partial charge in [-0.3, -0.25) is 0 Å². The summed E-state index contributed by atoms with van der Waals surface area (Å²) in [7, 11) is 0. The lowest BCUT2D eigenvalue weighted by Gasteiger charge is -2.18. The normalized spacial score (nSPS) is 10.9. The van der Waals surface area contributed by atoms with E-state index >= 15 is 0 Å². The minimum Gasteiger partial charge on any atom is -0.302 e. The van der Waals surface area contributed by atoms with Crippen LogP contribution in [-0.2, 0) is 4.57 Å². The SMILES string of the molecule is N#CCCCSP(=O)(c1ccccc1)c1ccccc1. The third-order valence-electron chi connectivity index (χ3n) is 2.90. The van der Waals surface area contributed by atoms with Crippen molar-refractivity contribution in [2.24, 2.45) is 0 Å². The fourth-order valence-electron chi connectivity index (χ4n) is 1.89. The Kier molecular flexibility index (Phi) is 5.47. The summed E-state index contributed by atoms with van der Waals surface area (Å²) in [6.07, 6.45) is -1.38. The Balaban J connectivity index is 2.30. The Morgan fingerprint density at radius 3 is 1.90 bits per heavy atom. The molecule has 0 aliphatic rings. The van der Waals surface area contributed by atoms with Gasteiger partial charge in [0.25, 0.3) is 0 Å².